The summed E-state index contributed by atoms with van der Waals surface area (Å²) in [7, 11) is 1.87. The number of hydrogen-bond donors (Lipinski definition) is 1. The third-order valence-corrected chi connectivity index (χ3v) is 4.45. The molecule has 2 atom stereocenters. The monoisotopic (exact) mass is 316 g/mol. The molecular weight excluding hydrogens is 292 g/mol. The minimum atomic E-state index is -0.0725. The summed E-state index contributed by atoms with van der Waals surface area (Å²) in [5.74, 6) is 0.871. The molecule has 0 bridgehead atoms. The smallest absolute Gasteiger partial charge is 0.318 e. The highest BCUT2D eigenvalue weighted by molar-refractivity contribution is 5.75. The average Bonchev–Trinajstić information content (AvgIpc) is 3.14. The summed E-state index contributed by atoms with van der Waals surface area (Å²) in [5, 5.41) is 7.26. The van der Waals surface area contributed by atoms with Gasteiger partial charge in [-0.15, -0.1) is 0 Å². The Morgan fingerprint density at radius 3 is 3.00 bits per heavy atom. The summed E-state index contributed by atoms with van der Waals surface area (Å²) in [6, 6.07) is 3.75. The fraction of sp³-hybridized carbons (Fsp3) is 0.529. The Labute approximate surface area is 136 Å². The lowest BCUT2D eigenvalue weighted by Gasteiger charge is -2.30. The van der Waals surface area contributed by atoms with Crippen LogP contribution < -0.4 is 5.32 Å². The molecule has 124 valence electrons. The van der Waals surface area contributed by atoms with E-state index in [4.69, 9.17) is 4.42 Å². The Morgan fingerprint density at radius 2 is 2.30 bits per heavy atom. The second-order valence-corrected chi connectivity index (χ2v) is 6.19. The standard InChI is InChI=1S/C17H24N4O2/c1-13(14-11-18-20(2)12-14)19-17(22)21-9-5-3-4-7-15(21)16-8-6-10-23-16/h6,8,10-13,15H,3-5,7,9H2,1-2H3,(H,19,22). The second kappa shape index (κ2) is 6.89. The van der Waals surface area contributed by atoms with E-state index in [1.165, 1.54) is 0 Å². The van der Waals surface area contributed by atoms with Gasteiger partial charge in [-0.1, -0.05) is 12.8 Å². The molecule has 3 rings (SSSR count). The Kier molecular flexibility index (Phi) is 4.69. The fourth-order valence-corrected chi connectivity index (χ4v) is 3.14. The molecule has 0 saturated carbocycles. The molecule has 3 heterocycles. The van der Waals surface area contributed by atoms with Crippen LogP contribution in [0.3, 0.4) is 0 Å². The molecule has 2 aromatic rings. The summed E-state index contributed by atoms with van der Waals surface area (Å²) in [5.41, 5.74) is 1.00. The summed E-state index contributed by atoms with van der Waals surface area (Å²) >= 11 is 0. The zero-order chi connectivity index (χ0) is 16.2. The normalized spacial score (nSPS) is 20.1. The van der Waals surface area contributed by atoms with Crippen LogP contribution in [0.1, 0.15) is 56.0 Å². The van der Waals surface area contributed by atoms with Gasteiger partial charge in [0, 0.05) is 25.4 Å². The predicted octanol–water partition coefficient (Wildman–Crippen LogP) is 3.40. The van der Waals surface area contributed by atoms with E-state index in [2.05, 4.69) is 10.4 Å². The van der Waals surface area contributed by atoms with Crippen LogP contribution >= 0.6 is 0 Å². The number of likely N-dealkylation sites (tertiary alicyclic amines) is 1. The predicted molar refractivity (Wildman–Crippen MR) is 86.8 cm³/mol. The molecule has 2 aromatic heterocycles. The average molecular weight is 316 g/mol. The Bertz CT molecular complexity index is 635. The summed E-state index contributed by atoms with van der Waals surface area (Å²) in [6.45, 7) is 2.74. The van der Waals surface area contributed by atoms with E-state index < -0.39 is 0 Å². The van der Waals surface area contributed by atoms with E-state index in [9.17, 15) is 4.79 Å². The van der Waals surface area contributed by atoms with Crippen molar-refractivity contribution in [2.45, 2.75) is 44.7 Å². The molecule has 1 N–H and O–H groups in total. The second-order valence-electron chi connectivity index (χ2n) is 6.19. The van der Waals surface area contributed by atoms with Gasteiger partial charge in [-0.2, -0.15) is 5.10 Å². The van der Waals surface area contributed by atoms with Crippen molar-refractivity contribution in [3.8, 4) is 0 Å². The number of carbonyl (C=O) groups excluding carboxylic acids is 1. The molecule has 6 heteroatoms. The van der Waals surface area contributed by atoms with Crippen molar-refractivity contribution in [1.29, 1.82) is 0 Å². The third kappa shape index (κ3) is 3.57. The van der Waals surface area contributed by atoms with E-state index in [0.717, 1.165) is 43.6 Å². The first-order chi connectivity index (χ1) is 11.1. The number of nitrogens with zero attached hydrogens (tertiary/aromatic N) is 3. The maximum absolute atomic E-state index is 12.8. The van der Waals surface area contributed by atoms with E-state index >= 15 is 0 Å². The van der Waals surface area contributed by atoms with Crippen LogP contribution in [0, 0.1) is 0 Å². The molecule has 1 saturated heterocycles. The fourth-order valence-electron chi connectivity index (χ4n) is 3.14. The number of urea groups is 1. The van der Waals surface area contributed by atoms with Crippen molar-refractivity contribution in [1.82, 2.24) is 20.0 Å². The number of rotatable bonds is 3. The first-order valence-electron chi connectivity index (χ1n) is 8.24. The van der Waals surface area contributed by atoms with Gasteiger partial charge in [0.2, 0.25) is 0 Å². The van der Waals surface area contributed by atoms with Crippen molar-refractivity contribution in [3.05, 3.63) is 42.1 Å². The van der Waals surface area contributed by atoms with Crippen LogP contribution in [-0.4, -0.2) is 27.3 Å². The first kappa shape index (κ1) is 15.6. The van der Waals surface area contributed by atoms with Gasteiger partial charge in [-0.05, 0) is 31.9 Å². The molecule has 0 spiro atoms. The zero-order valence-electron chi connectivity index (χ0n) is 13.7. The minimum absolute atomic E-state index is 0.0219. The van der Waals surface area contributed by atoms with Crippen molar-refractivity contribution in [2.75, 3.05) is 6.54 Å². The van der Waals surface area contributed by atoms with Crippen molar-refractivity contribution < 1.29 is 9.21 Å². The topological polar surface area (TPSA) is 63.3 Å². The van der Waals surface area contributed by atoms with Crippen molar-refractivity contribution >= 4 is 6.03 Å². The molecule has 1 aliphatic heterocycles. The van der Waals surface area contributed by atoms with Gasteiger partial charge in [-0.25, -0.2) is 4.79 Å². The molecule has 1 aliphatic rings. The van der Waals surface area contributed by atoms with Gasteiger partial charge < -0.3 is 14.6 Å². The quantitative estimate of drug-likeness (QED) is 0.944. The maximum atomic E-state index is 12.8. The highest BCUT2D eigenvalue weighted by Crippen LogP contribution is 2.30. The molecule has 2 amide bonds. The van der Waals surface area contributed by atoms with Crippen molar-refractivity contribution in [2.24, 2.45) is 7.05 Å². The first-order valence-corrected chi connectivity index (χ1v) is 8.24. The van der Waals surface area contributed by atoms with Gasteiger partial charge in [0.05, 0.1) is 24.5 Å². The molecule has 23 heavy (non-hydrogen) atoms. The summed E-state index contributed by atoms with van der Waals surface area (Å²) < 4.78 is 7.31. The van der Waals surface area contributed by atoms with Gasteiger partial charge in [0.15, 0.2) is 0 Å². The van der Waals surface area contributed by atoms with E-state index in [0.29, 0.717) is 0 Å². The molecule has 0 aromatic carbocycles. The van der Waals surface area contributed by atoms with Crippen LogP contribution in [0.15, 0.2) is 35.2 Å². The lowest BCUT2D eigenvalue weighted by atomic mass is 10.1. The highest BCUT2D eigenvalue weighted by Gasteiger charge is 2.29. The molecule has 0 aliphatic carbocycles. The van der Waals surface area contributed by atoms with Crippen LogP contribution in [-0.2, 0) is 7.05 Å². The summed E-state index contributed by atoms with van der Waals surface area (Å²) in [6.07, 6.45) is 9.64. The number of aromatic nitrogens is 2. The third-order valence-electron chi connectivity index (χ3n) is 4.45. The van der Waals surface area contributed by atoms with Crippen LogP contribution in [0.4, 0.5) is 4.79 Å². The van der Waals surface area contributed by atoms with Crippen LogP contribution in [0.5, 0.6) is 0 Å². The molecule has 0 radical (unpaired) electrons. The molecule has 6 nitrogen and oxygen atoms in total. The Morgan fingerprint density at radius 1 is 1.43 bits per heavy atom. The van der Waals surface area contributed by atoms with Gasteiger partial charge >= 0.3 is 6.03 Å². The zero-order valence-corrected chi connectivity index (χ0v) is 13.7. The minimum Gasteiger partial charge on any atom is -0.467 e. The number of amides is 2. The van der Waals surface area contributed by atoms with E-state index in [1.807, 2.05) is 37.2 Å². The lowest BCUT2D eigenvalue weighted by Crippen LogP contribution is -2.43. The molecule has 1 fully saturated rings. The van der Waals surface area contributed by atoms with E-state index in [-0.39, 0.29) is 18.1 Å². The Balaban J connectivity index is 1.72. The lowest BCUT2D eigenvalue weighted by molar-refractivity contribution is 0.163. The number of furan rings is 1. The number of aryl methyl sites for hydroxylation is 1. The van der Waals surface area contributed by atoms with E-state index in [1.54, 1.807) is 17.1 Å². The number of hydrogen-bond acceptors (Lipinski definition) is 3. The number of carbonyl (C=O) groups is 1. The SMILES string of the molecule is CC(NC(=O)N1CCCCCC1c1ccco1)c1cnn(C)c1. The Hall–Kier alpha value is -2.24. The summed E-state index contributed by atoms with van der Waals surface area (Å²) in [4.78, 5) is 14.7. The van der Waals surface area contributed by atoms with Gasteiger partial charge in [-0.3, -0.25) is 4.68 Å². The van der Waals surface area contributed by atoms with Crippen LogP contribution in [0.2, 0.25) is 0 Å². The maximum Gasteiger partial charge on any atom is 0.318 e. The van der Waals surface area contributed by atoms with Gasteiger partial charge in [0.1, 0.15) is 5.76 Å². The largest absolute Gasteiger partial charge is 0.467 e. The number of nitrogens with one attached hydrogen (secondary N) is 1. The van der Waals surface area contributed by atoms with Gasteiger partial charge in [0.25, 0.3) is 0 Å². The van der Waals surface area contributed by atoms with Crippen molar-refractivity contribution in [3.63, 3.8) is 0 Å². The van der Waals surface area contributed by atoms with Crippen LogP contribution in [0.25, 0.3) is 0 Å². The molecule has 2 unspecified atom stereocenters. The highest BCUT2D eigenvalue weighted by atomic mass is 16.3. The molecular formula is C17H24N4O2.